The molecule has 0 saturated carbocycles. The van der Waals surface area contributed by atoms with Gasteiger partial charge in [-0.25, -0.2) is 4.79 Å². The van der Waals surface area contributed by atoms with Crippen LogP contribution in [0.1, 0.15) is 39.7 Å². The molecule has 2 amide bonds. The molecule has 0 atom stereocenters. The minimum absolute atomic E-state index is 0.272. The summed E-state index contributed by atoms with van der Waals surface area (Å²) in [5.41, 5.74) is 2.12. The van der Waals surface area contributed by atoms with Gasteiger partial charge < -0.3 is 4.74 Å². The number of rotatable bonds is 4. The van der Waals surface area contributed by atoms with Crippen LogP contribution in [0.25, 0.3) is 0 Å². The maximum absolute atomic E-state index is 12.5. The molecule has 128 valence electrons. The van der Waals surface area contributed by atoms with Crippen LogP contribution in [0.15, 0.2) is 40.3 Å². The second-order valence-corrected chi connectivity index (χ2v) is 8.03. The van der Waals surface area contributed by atoms with Crippen molar-refractivity contribution in [2.24, 2.45) is 0 Å². The summed E-state index contributed by atoms with van der Waals surface area (Å²) in [4.78, 5) is 25.7. The predicted octanol–water partition coefficient (Wildman–Crippen LogP) is 4.35. The van der Waals surface area contributed by atoms with Crippen LogP contribution in [0, 0.1) is 6.92 Å². The summed E-state index contributed by atoms with van der Waals surface area (Å²) in [6, 6.07) is 8.31. The molecule has 1 aromatic rings. The third-order valence-electron chi connectivity index (χ3n) is 3.51. The van der Waals surface area contributed by atoms with E-state index < -0.39 is 11.7 Å². The molecule has 0 N–H and O–H groups in total. The van der Waals surface area contributed by atoms with E-state index >= 15 is 0 Å². The van der Waals surface area contributed by atoms with E-state index in [1.54, 1.807) is 38.7 Å². The molecule has 2 rings (SSSR count). The number of aryl methyl sites for hydroxylation is 1. The zero-order chi connectivity index (χ0) is 17.9. The molecule has 1 heterocycles. The van der Waals surface area contributed by atoms with Gasteiger partial charge in [0.1, 0.15) is 5.60 Å². The standard InChI is InChI=1S/C19H24NO3S/c1-13-6-8-15(9-7-13)24-11-10-16-14(2)12-20(17(16)21)18(22)23-19(3,4)5/h6-9,12H,10-11H2,1-5H3/q+1. The minimum Gasteiger partial charge on any atom is -0.406 e. The van der Waals surface area contributed by atoms with E-state index in [9.17, 15) is 9.59 Å². The lowest BCUT2D eigenvalue weighted by Crippen LogP contribution is -2.33. The Labute approximate surface area is 147 Å². The van der Waals surface area contributed by atoms with E-state index in [1.807, 2.05) is 6.92 Å². The summed E-state index contributed by atoms with van der Waals surface area (Å²) < 4.78 is 6.35. The van der Waals surface area contributed by atoms with Gasteiger partial charge in [0.2, 0.25) is 0 Å². The Balaban J connectivity index is 1.93. The van der Waals surface area contributed by atoms with Gasteiger partial charge in [-0.15, -0.1) is 11.8 Å². The highest BCUT2D eigenvalue weighted by atomic mass is 32.2. The summed E-state index contributed by atoms with van der Waals surface area (Å²) in [6.45, 7) is 9.26. The number of carbonyl (C=O) groups is 2. The monoisotopic (exact) mass is 346 g/mol. The first kappa shape index (κ1) is 18.5. The number of amides is 2. The van der Waals surface area contributed by atoms with Crippen LogP contribution in [0.2, 0.25) is 0 Å². The Morgan fingerprint density at radius 1 is 1.17 bits per heavy atom. The van der Waals surface area contributed by atoms with Gasteiger partial charge in [-0.1, -0.05) is 22.3 Å². The average molecular weight is 346 g/mol. The first-order valence-electron chi connectivity index (χ1n) is 7.98. The molecular weight excluding hydrogens is 322 g/mol. The van der Waals surface area contributed by atoms with E-state index in [1.165, 1.54) is 10.5 Å². The summed E-state index contributed by atoms with van der Waals surface area (Å²) >= 11 is 1.70. The van der Waals surface area contributed by atoms with Gasteiger partial charge >= 0.3 is 12.0 Å². The molecule has 0 bridgehead atoms. The van der Waals surface area contributed by atoms with Gasteiger partial charge in [-0.05, 0) is 53.2 Å². The largest absolute Gasteiger partial charge is 0.605 e. The lowest BCUT2D eigenvalue weighted by atomic mass is 10.1. The number of hydrogen-bond acceptors (Lipinski definition) is 4. The lowest BCUT2D eigenvalue weighted by Gasteiger charge is -2.15. The Bertz CT molecular complexity index is 709. The summed E-state index contributed by atoms with van der Waals surface area (Å²) in [5, 5.41) is 0. The fourth-order valence-corrected chi connectivity index (χ4v) is 3.17. The Kier molecular flexibility index (Phi) is 5.65. The fraction of sp³-hybridized carbons (Fsp3) is 0.421. The van der Waals surface area contributed by atoms with Crippen molar-refractivity contribution in [1.29, 1.82) is 0 Å². The number of ether oxygens (including phenoxy) is 1. The van der Waals surface area contributed by atoms with Gasteiger partial charge in [0.25, 0.3) is 0 Å². The van der Waals surface area contributed by atoms with Crippen molar-refractivity contribution in [1.82, 2.24) is 0 Å². The summed E-state index contributed by atoms with van der Waals surface area (Å²) in [6.07, 6.45) is 1.58. The van der Waals surface area contributed by atoms with Crippen LogP contribution in [-0.4, -0.2) is 34.1 Å². The van der Waals surface area contributed by atoms with Crippen LogP contribution in [0.3, 0.4) is 0 Å². The molecule has 1 aromatic carbocycles. The Morgan fingerprint density at radius 2 is 1.79 bits per heavy atom. The third kappa shape index (κ3) is 4.81. The third-order valence-corrected chi connectivity index (χ3v) is 4.52. The van der Waals surface area contributed by atoms with Crippen molar-refractivity contribution >= 4 is 30.0 Å². The van der Waals surface area contributed by atoms with E-state index in [0.29, 0.717) is 12.0 Å². The first-order chi connectivity index (χ1) is 11.2. The van der Waals surface area contributed by atoms with Crippen LogP contribution >= 0.6 is 11.8 Å². The molecular formula is C19H24NO3S+. The van der Waals surface area contributed by atoms with Crippen LogP contribution in [0.4, 0.5) is 4.79 Å². The van der Waals surface area contributed by atoms with E-state index in [0.717, 1.165) is 15.9 Å². The van der Waals surface area contributed by atoms with Gasteiger partial charge in [-0.3, -0.25) is 0 Å². The number of carbonyl (C=O) groups excluding carboxylic acids is 2. The maximum Gasteiger partial charge on any atom is 0.605 e. The molecule has 1 aliphatic heterocycles. The van der Waals surface area contributed by atoms with Crippen molar-refractivity contribution in [2.75, 3.05) is 5.75 Å². The summed E-state index contributed by atoms with van der Waals surface area (Å²) in [7, 11) is 0. The van der Waals surface area contributed by atoms with Crippen LogP contribution in [-0.2, 0) is 9.53 Å². The molecule has 24 heavy (non-hydrogen) atoms. The molecule has 0 aliphatic carbocycles. The normalized spacial score (nSPS) is 14.9. The number of benzene rings is 1. The second-order valence-electron chi connectivity index (χ2n) is 6.86. The van der Waals surface area contributed by atoms with Crippen LogP contribution < -0.4 is 0 Å². The van der Waals surface area contributed by atoms with Gasteiger partial charge in [0.15, 0.2) is 6.21 Å². The second kappa shape index (κ2) is 7.34. The van der Waals surface area contributed by atoms with E-state index in [4.69, 9.17) is 4.74 Å². The summed E-state index contributed by atoms with van der Waals surface area (Å²) in [5.74, 6) is 0.517. The average Bonchev–Trinajstić information content (AvgIpc) is 2.75. The quantitative estimate of drug-likeness (QED) is 0.600. The number of nitrogens with zero attached hydrogens (tertiary/aromatic N) is 1. The SMILES string of the molecule is CC1=C(CCSc2ccc(C)cc2)C(=O)[N+](C(=O)OC(C)(C)C)=C1. The van der Waals surface area contributed by atoms with Crippen molar-refractivity contribution in [3.8, 4) is 0 Å². The van der Waals surface area contributed by atoms with Crippen molar-refractivity contribution in [3.63, 3.8) is 0 Å². The maximum atomic E-state index is 12.5. The first-order valence-corrected chi connectivity index (χ1v) is 8.96. The molecule has 0 unspecified atom stereocenters. The van der Waals surface area contributed by atoms with Crippen molar-refractivity contribution in [2.45, 2.75) is 51.5 Å². The molecule has 4 nitrogen and oxygen atoms in total. The van der Waals surface area contributed by atoms with Gasteiger partial charge in [0.05, 0.1) is 5.57 Å². The number of imide groups is 1. The van der Waals surface area contributed by atoms with Crippen molar-refractivity contribution in [3.05, 3.63) is 41.0 Å². The fourth-order valence-electron chi connectivity index (χ4n) is 2.30. The molecule has 0 aromatic heterocycles. The molecule has 1 aliphatic rings. The number of allylic oxidation sites excluding steroid dienone is 1. The van der Waals surface area contributed by atoms with Crippen molar-refractivity contribution < 1.29 is 18.9 Å². The van der Waals surface area contributed by atoms with Gasteiger partial charge in [0, 0.05) is 16.2 Å². The van der Waals surface area contributed by atoms with Crippen LogP contribution in [0.5, 0.6) is 0 Å². The Morgan fingerprint density at radius 3 is 2.38 bits per heavy atom. The topological polar surface area (TPSA) is 46.4 Å². The lowest BCUT2D eigenvalue weighted by molar-refractivity contribution is -0.370. The zero-order valence-corrected chi connectivity index (χ0v) is 15.7. The number of thioether (sulfide) groups is 1. The molecule has 0 fully saturated rings. The smallest absolute Gasteiger partial charge is 0.406 e. The minimum atomic E-state index is -0.622. The predicted molar refractivity (Wildman–Crippen MR) is 96.8 cm³/mol. The molecule has 0 spiro atoms. The molecule has 0 saturated heterocycles. The zero-order valence-electron chi connectivity index (χ0n) is 14.9. The highest BCUT2D eigenvalue weighted by Gasteiger charge is 2.39. The highest BCUT2D eigenvalue weighted by molar-refractivity contribution is 7.99. The molecule has 0 radical (unpaired) electrons. The highest BCUT2D eigenvalue weighted by Crippen LogP contribution is 2.24. The molecule has 5 heteroatoms. The Hall–Kier alpha value is -1.88. The van der Waals surface area contributed by atoms with E-state index in [2.05, 4.69) is 31.2 Å². The number of hydrogen-bond donors (Lipinski definition) is 0. The van der Waals surface area contributed by atoms with E-state index in [-0.39, 0.29) is 5.91 Å². The van der Waals surface area contributed by atoms with Gasteiger partial charge in [-0.2, -0.15) is 4.79 Å².